The number of hydrogen-bond acceptors (Lipinski definition) is 8. The molecule has 0 aliphatic heterocycles. The second-order valence-electron chi connectivity index (χ2n) is 10.5. The minimum absolute atomic E-state index is 0.0197. The summed E-state index contributed by atoms with van der Waals surface area (Å²) >= 11 is 0. The van der Waals surface area contributed by atoms with Gasteiger partial charge in [-0.3, -0.25) is 28.8 Å². The van der Waals surface area contributed by atoms with Crippen LogP contribution in [0.1, 0.15) is 78.2 Å². The third-order valence-corrected chi connectivity index (χ3v) is 7.56. The van der Waals surface area contributed by atoms with Crippen LogP contribution in [0.4, 0.5) is 0 Å². The Balaban J connectivity index is 1.15. The maximum atomic E-state index is 13.1. The van der Waals surface area contributed by atoms with E-state index in [4.69, 9.17) is 9.47 Å². The zero-order valence-corrected chi connectivity index (χ0v) is 23.0. The van der Waals surface area contributed by atoms with Crippen molar-refractivity contribution in [1.82, 2.24) is 0 Å². The Labute approximate surface area is 243 Å². The fourth-order valence-electron chi connectivity index (χ4n) is 5.37. The summed E-state index contributed by atoms with van der Waals surface area (Å²) in [6, 6.07) is 21.5. The van der Waals surface area contributed by atoms with Gasteiger partial charge >= 0.3 is 0 Å². The molecule has 0 heterocycles. The first kappa shape index (κ1) is 29.1. The Morgan fingerprint density at radius 3 is 1.19 bits per heavy atom. The van der Waals surface area contributed by atoms with Gasteiger partial charge < -0.3 is 9.47 Å². The van der Waals surface area contributed by atoms with Gasteiger partial charge in [-0.05, 0) is 36.1 Å². The molecule has 3 aromatic rings. The third kappa shape index (κ3) is 6.10. The molecule has 214 valence electrons. The first-order chi connectivity index (χ1) is 20.4. The van der Waals surface area contributed by atoms with E-state index in [9.17, 15) is 28.8 Å². The standard InChI is InChI=1S/C34H30O8/c35-27(13-7-15-41-19-21-9-3-1-4-10-21)29-31(37)23-17-25-26(18-24(23)32(29)38)34(40)30(33(25)39)28(36)14-8-16-42-20-22-11-5-2-6-12-22/h1-6,9-12,17-18,29-30H,7-8,13-16,19-20H2. The summed E-state index contributed by atoms with van der Waals surface area (Å²) < 4.78 is 11.2. The highest BCUT2D eigenvalue weighted by atomic mass is 16.5. The van der Waals surface area contributed by atoms with E-state index in [2.05, 4.69) is 0 Å². The summed E-state index contributed by atoms with van der Waals surface area (Å²) in [5.74, 6) is -6.76. The average molecular weight is 567 g/mol. The molecular weight excluding hydrogens is 536 g/mol. The fraction of sp³-hybridized carbons (Fsp3) is 0.294. The number of hydrogen-bond donors (Lipinski definition) is 0. The highest BCUT2D eigenvalue weighted by Crippen LogP contribution is 2.36. The van der Waals surface area contributed by atoms with E-state index in [0.29, 0.717) is 26.1 Å². The van der Waals surface area contributed by atoms with E-state index < -0.39 is 46.5 Å². The second-order valence-corrected chi connectivity index (χ2v) is 10.5. The van der Waals surface area contributed by atoms with Gasteiger partial charge in [0, 0.05) is 48.3 Å². The number of ketones is 6. The lowest BCUT2D eigenvalue weighted by Gasteiger charge is -2.07. The summed E-state index contributed by atoms with van der Waals surface area (Å²) in [5, 5.41) is 0. The Kier molecular flexibility index (Phi) is 9.05. The van der Waals surface area contributed by atoms with Gasteiger partial charge in [0.2, 0.25) is 0 Å². The number of carbonyl (C=O) groups is 6. The van der Waals surface area contributed by atoms with Gasteiger partial charge in [-0.1, -0.05) is 60.7 Å². The molecule has 0 fully saturated rings. The molecule has 0 N–H and O–H groups in total. The number of fused-ring (bicyclic) bond motifs is 2. The quantitative estimate of drug-likeness (QED) is 0.201. The van der Waals surface area contributed by atoms with Gasteiger partial charge in [-0.2, -0.15) is 0 Å². The molecule has 0 amide bonds. The van der Waals surface area contributed by atoms with Gasteiger partial charge in [0.25, 0.3) is 0 Å². The van der Waals surface area contributed by atoms with E-state index in [-0.39, 0.29) is 48.3 Å². The number of rotatable bonds is 14. The van der Waals surface area contributed by atoms with E-state index in [1.165, 1.54) is 12.1 Å². The molecule has 0 saturated heterocycles. The molecule has 3 aromatic carbocycles. The van der Waals surface area contributed by atoms with Crippen LogP contribution in [0.2, 0.25) is 0 Å². The molecule has 0 atom stereocenters. The normalized spacial score (nSPS) is 14.9. The van der Waals surface area contributed by atoms with Crippen LogP contribution in [0.3, 0.4) is 0 Å². The van der Waals surface area contributed by atoms with Crippen LogP contribution in [0.25, 0.3) is 0 Å². The molecule has 0 unspecified atom stereocenters. The Morgan fingerprint density at radius 1 is 0.524 bits per heavy atom. The Morgan fingerprint density at radius 2 is 0.857 bits per heavy atom. The largest absolute Gasteiger partial charge is 0.377 e. The molecule has 0 saturated carbocycles. The van der Waals surface area contributed by atoms with Crippen LogP contribution >= 0.6 is 0 Å². The Hall–Kier alpha value is -4.40. The highest BCUT2D eigenvalue weighted by Gasteiger charge is 2.48. The van der Waals surface area contributed by atoms with Crippen LogP contribution in [0.5, 0.6) is 0 Å². The van der Waals surface area contributed by atoms with Crippen LogP contribution in [0, 0.1) is 11.8 Å². The number of carbonyl (C=O) groups excluding carboxylic acids is 6. The second kappa shape index (κ2) is 13.1. The molecule has 8 nitrogen and oxygen atoms in total. The number of benzene rings is 3. The summed E-state index contributed by atoms with van der Waals surface area (Å²) in [6.07, 6.45) is 0.642. The van der Waals surface area contributed by atoms with Crippen molar-refractivity contribution >= 4 is 34.7 Å². The predicted octanol–water partition coefficient (Wildman–Crippen LogP) is 4.81. The number of Topliss-reactive ketones (excluding diaryl/α,β-unsaturated/α-hetero) is 6. The first-order valence-electron chi connectivity index (χ1n) is 14.0. The SMILES string of the molecule is O=C(CCCOCc1ccccc1)C1C(=O)c2cc3c(cc2C1=O)C(=O)C(C(=O)CCCOCc1ccccc1)C3=O. The van der Waals surface area contributed by atoms with Crippen molar-refractivity contribution < 1.29 is 38.2 Å². The molecule has 5 rings (SSSR count). The van der Waals surface area contributed by atoms with Gasteiger partial charge in [0.1, 0.15) is 11.8 Å². The van der Waals surface area contributed by atoms with E-state index in [1.54, 1.807) is 0 Å². The summed E-state index contributed by atoms with van der Waals surface area (Å²) in [5.41, 5.74) is 1.77. The monoisotopic (exact) mass is 566 g/mol. The zero-order chi connectivity index (χ0) is 29.6. The highest BCUT2D eigenvalue weighted by molar-refractivity contribution is 6.39. The molecule has 8 heteroatoms. The summed E-state index contributed by atoms with van der Waals surface area (Å²) in [7, 11) is 0. The molecular formula is C34H30O8. The van der Waals surface area contributed by atoms with Crippen molar-refractivity contribution in [3.05, 3.63) is 106 Å². The van der Waals surface area contributed by atoms with Crippen LogP contribution < -0.4 is 0 Å². The lowest BCUT2D eigenvalue weighted by atomic mass is 9.94. The summed E-state index contributed by atoms with van der Waals surface area (Å²) in [6.45, 7) is 1.35. The predicted molar refractivity (Wildman–Crippen MR) is 151 cm³/mol. The molecule has 42 heavy (non-hydrogen) atoms. The molecule has 2 aliphatic rings. The number of ether oxygens (including phenoxy) is 2. The molecule has 0 aromatic heterocycles. The molecule has 0 bridgehead atoms. The lowest BCUT2D eigenvalue weighted by molar-refractivity contribution is -0.121. The van der Waals surface area contributed by atoms with Crippen LogP contribution in [-0.2, 0) is 32.3 Å². The summed E-state index contributed by atoms with van der Waals surface area (Å²) in [4.78, 5) is 78.0. The van der Waals surface area contributed by atoms with Crippen molar-refractivity contribution in [3.63, 3.8) is 0 Å². The average Bonchev–Trinajstić information content (AvgIpc) is 3.40. The zero-order valence-electron chi connectivity index (χ0n) is 23.0. The van der Waals surface area contributed by atoms with Gasteiger partial charge in [0.05, 0.1) is 13.2 Å². The van der Waals surface area contributed by atoms with Crippen molar-refractivity contribution in [3.8, 4) is 0 Å². The van der Waals surface area contributed by atoms with E-state index in [0.717, 1.165) is 11.1 Å². The minimum Gasteiger partial charge on any atom is -0.377 e. The molecule has 2 aliphatic carbocycles. The van der Waals surface area contributed by atoms with Crippen LogP contribution in [0.15, 0.2) is 72.8 Å². The maximum Gasteiger partial charge on any atom is 0.181 e. The topological polar surface area (TPSA) is 121 Å². The smallest absolute Gasteiger partial charge is 0.181 e. The first-order valence-corrected chi connectivity index (χ1v) is 14.0. The van der Waals surface area contributed by atoms with Gasteiger partial charge in [0.15, 0.2) is 34.7 Å². The van der Waals surface area contributed by atoms with Crippen molar-refractivity contribution in [1.29, 1.82) is 0 Å². The lowest BCUT2D eigenvalue weighted by Crippen LogP contribution is -2.26. The van der Waals surface area contributed by atoms with Gasteiger partial charge in [-0.25, -0.2) is 0 Å². The van der Waals surface area contributed by atoms with Crippen molar-refractivity contribution in [2.45, 2.75) is 38.9 Å². The van der Waals surface area contributed by atoms with E-state index >= 15 is 0 Å². The fourth-order valence-corrected chi connectivity index (χ4v) is 5.37. The molecule has 0 radical (unpaired) electrons. The molecule has 0 spiro atoms. The van der Waals surface area contributed by atoms with Crippen molar-refractivity contribution in [2.24, 2.45) is 11.8 Å². The minimum atomic E-state index is -1.49. The third-order valence-electron chi connectivity index (χ3n) is 7.56. The van der Waals surface area contributed by atoms with Crippen molar-refractivity contribution in [2.75, 3.05) is 13.2 Å². The van der Waals surface area contributed by atoms with E-state index in [1.807, 2.05) is 60.7 Å². The Bertz CT molecular complexity index is 1370. The maximum absolute atomic E-state index is 13.1. The van der Waals surface area contributed by atoms with Gasteiger partial charge in [-0.15, -0.1) is 0 Å². The van der Waals surface area contributed by atoms with Crippen LogP contribution in [-0.4, -0.2) is 47.9 Å².